The lowest BCUT2D eigenvalue weighted by molar-refractivity contribution is 0.0302. The van der Waals surface area contributed by atoms with Crippen LogP contribution < -0.4 is 19.9 Å². The normalized spacial score (nSPS) is 13.9. The van der Waals surface area contributed by atoms with E-state index in [1.54, 1.807) is 42.3 Å². The fraction of sp³-hybridized carbons (Fsp3) is 0.350. The van der Waals surface area contributed by atoms with Crippen LogP contribution in [0.5, 0.6) is 23.0 Å². The number of para-hydroxylation sites is 2. The molecule has 3 N–H and O–H groups in total. The first kappa shape index (κ1) is 19.8. The highest BCUT2D eigenvalue weighted by Gasteiger charge is 2.22. The van der Waals surface area contributed by atoms with Gasteiger partial charge in [0.1, 0.15) is 6.61 Å². The maximum atomic E-state index is 12.8. The first-order chi connectivity index (χ1) is 13.6. The maximum absolute atomic E-state index is 12.8. The highest BCUT2D eigenvalue weighted by Crippen LogP contribution is 2.41. The Hall–Kier alpha value is -2.97. The highest BCUT2D eigenvalue weighted by atomic mass is 16.5. The molecule has 1 aliphatic rings. The molecule has 0 unspecified atom stereocenters. The molecule has 1 fully saturated rings. The van der Waals surface area contributed by atoms with Gasteiger partial charge >= 0.3 is 0 Å². The van der Waals surface area contributed by atoms with Crippen LogP contribution in [0.4, 0.5) is 5.69 Å². The molecule has 8 heteroatoms. The van der Waals surface area contributed by atoms with Crippen molar-refractivity contribution in [1.29, 1.82) is 0 Å². The molecule has 2 aromatic carbocycles. The van der Waals surface area contributed by atoms with Crippen molar-refractivity contribution in [3.63, 3.8) is 0 Å². The standard InChI is InChI=1S/C20H24N2O6/c1-25-16-4-2-3-5-17(16)28-19-15(21)12-14(13-18(19)27-11-8-23)20(24)22-6-9-26-10-7-22/h2-5,12-13,23H,6-11,21H2,1H3. The third-order valence-electron chi connectivity index (χ3n) is 4.26. The first-order valence-electron chi connectivity index (χ1n) is 8.99. The van der Waals surface area contributed by atoms with Crippen molar-refractivity contribution in [2.24, 2.45) is 0 Å². The smallest absolute Gasteiger partial charge is 0.254 e. The molecule has 28 heavy (non-hydrogen) atoms. The highest BCUT2D eigenvalue weighted by molar-refractivity contribution is 5.96. The summed E-state index contributed by atoms with van der Waals surface area (Å²) in [5.41, 5.74) is 6.83. The molecule has 8 nitrogen and oxygen atoms in total. The van der Waals surface area contributed by atoms with Gasteiger partial charge in [0.2, 0.25) is 0 Å². The van der Waals surface area contributed by atoms with Crippen LogP contribution in [0.2, 0.25) is 0 Å². The van der Waals surface area contributed by atoms with Crippen LogP contribution in [0.25, 0.3) is 0 Å². The summed E-state index contributed by atoms with van der Waals surface area (Å²) in [5, 5.41) is 9.14. The summed E-state index contributed by atoms with van der Waals surface area (Å²) >= 11 is 0. The van der Waals surface area contributed by atoms with Crippen molar-refractivity contribution in [2.45, 2.75) is 0 Å². The SMILES string of the molecule is COc1ccccc1Oc1c(N)cc(C(=O)N2CCOCC2)cc1OCCO. The molecule has 0 aromatic heterocycles. The van der Waals surface area contributed by atoms with E-state index in [1.165, 1.54) is 0 Å². The van der Waals surface area contributed by atoms with Crippen molar-refractivity contribution in [3.8, 4) is 23.0 Å². The van der Waals surface area contributed by atoms with Gasteiger partial charge in [0, 0.05) is 18.7 Å². The van der Waals surface area contributed by atoms with Gasteiger partial charge in [-0.3, -0.25) is 4.79 Å². The first-order valence-corrected chi connectivity index (χ1v) is 8.99. The van der Waals surface area contributed by atoms with E-state index >= 15 is 0 Å². The second kappa shape index (κ2) is 9.29. The van der Waals surface area contributed by atoms with Crippen LogP contribution in [-0.2, 0) is 4.74 Å². The summed E-state index contributed by atoms with van der Waals surface area (Å²) in [4.78, 5) is 14.5. The third kappa shape index (κ3) is 4.47. The lowest BCUT2D eigenvalue weighted by Crippen LogP contribution is -2.40. The van der Waals surface area contributed by atoms with E-state index in [4.69, 9.17) is 29.8 Å². The van der Waals surface area contributed by atoms with Gasteiger partial charge in [-0.25, -0.2) is 0 Å². The van der Waals surface area contributed by atoms with Gasteiger partial charge in [0.05, 0.1) is 32.6 Å². The zero-order valence-corrected chi connectivity index (χ0v) is 15.7. The van der Waals surface area contributed by atoms with Gasteiger partial charge in [-0.15, -0.1) is 0 Å². The van der Waals surface area contributed by atoms with Gasteiger partial charge in [-0.2, -0.15) is 0 Å². The number of ether oxygens (including phenoxy) is 4. The lowest BCUT2D eigenvalue weighted by Gasteiger charge is -2.27. The third-order valence-corrected chi connectivity index (χ3v) is 4.26. The number of morpholine rings is 1. The molecule has 3 rings (SSSR count). The maximum Gasteiger partial charge on any atom is 0.254 e. The van der Waals surface area contributed by atoms with E-state index < -0.39 is 0 Å². The number of hydrogen-bond donors (Lipinski definition) is 2. The van der Waals surface area contributed by atoms with E-state index in [0.717, 1.165) is 0 Å². The molecule has 1 saturated heterocycles. The molecule has 0 radical (unpaired) electrons. The minimum Gasteiger partial charge on any atom is -0.493 e. The van der Waals surface area contributed by atoms with Gasteiger partial charge in [0.15, 0.2) is 23.0 Å². The minimum absolute atomic E-state index is 0.0386. The Bertz CT molecular complexity index is 820. The number of benzene rings is 2. The summed E-state index contributed by atoms with van der Waals surface area (Å²) < 4.78 is 22.1. The zero-order chi connectivity index (χ0) is 19.9. The van der Waals surface area contributed by atoms with Gasteiger partial charge < -0.3 is 34.7 Å². The molecular formula is C20H24N2O6. The average molecular weight is 388 g/mol. The van der Waals surface area contributed by atoms with E-state index in [1.807, 2.05) is 6.07 Å². The summed E-state index contributed by atoms with van der Waals surface area (Å²) in [6, 6.07) is 10.3. The quantitative estimate of drug-likeness (QED) is 0.699. The predicted octanol–water partition coefficient (Wildman–Crippen LogP) is 1.91. The second-order valence-corrected chi connectivity index (χ2v) is 6.12. The molecule has 1 amide bonds. The molecule has 150 valence electrons. The van der Waals surface area contributed by atoms with E-state index in [0.29, 0.717) is 43.4 Å². The number of nitrogen functional groups attached to an aromatic ring is 1. The Morgan fingerprint density at radius 3 is 2.57 bits per heavy atom. The number of methoxy groups -OCH3 is 1. The number of rotatable bonds is 7. The molecule has 0 spiro atoms. The number of carbonyl (C=O) groups is 1. The van der Waals surface area contributed by atoms with E-state index in [9.17, 15) is 4.79 Å². The van der Waals surface area contributed by atoms with Crippen molar-refractivity contribution < 1.29 is 28.8 Å². The number of carbonyl (C=O) groups excluding carboxylic acids is 1. The predicted molar refractivity (Wildman–Crippen MR) is 103 cm³/mol. The van der Waals surface area contributed by atoms with Crippen molar-refractivity contribution in [3.05, 3.63) is 42.0 Å². The Kier molecular flexibility index (Phi) is 6.57. The number of hydrogen-bond acceptors (Lipinski definition) is 7. The summed E-state index contributed by atoms with van der Waals surface area (Å²) in [5.74, 6) is 1.36. The van der Waals surface area contributed by atoms with Gasteiger partial charge in [-0.05, 0) is 24.3 Å². The lowest BCUT2D eigenvalue weighted by atomic mass is 10.1. The monoisotopic (exact) mass is 388 g/mol. The fourth-order valence-corrected chi connectivity index (χ4v) is 2.88. The van der Waals surface area contributed by atoms with Gasteiger partial charge in [0.25, 0.3) is 5.91 Å². The Morgan fingerprint density at radius 2 is 1.89 bits per heavy atom. The van der Waals surface area contributed by atoms with Crippen LogP contribution in [0.15, 0.2) is 36.4 Å². The van der Waals surface area contributed by atoms with Crippen LogP contribution in [0.3, 0.4) is 0 Å². The zero-order valence-electron chi connectivity index (χ0n) is 15.7. The van der Waals surface area contributed by atoms with Crippen molar-refractivity contribution in [2.75, 3.05) is 52.4 Å². The number of nitrogens with two attached hydrogens (primary N) is 1. The Labute approximate surface area is 163 Å². The van der Waals surface area contributed by atoms with Crippen LogP contribution >= 0.6 is 0 Å². The molecule has 1 aliphatic heterocycles. The number of nitrogens with zero attached hydrogens (tertiary/aromatic N) is 1. The molecule has 0 saturated carbocycles. The van der Waals surface area contributed by atoms with Crippen LogP contribution in [0.1, 0.15) is 10.4 Å². The molecule has 0 aliphatic carbocycles. The average Bonchev–Trinajstić information content (AvgIpc) is 2.74. The van der Waals surface area contributed by atoms with Crippen molar-refractivity contribution >= 4 is 11.6 Å². The molecule has 2 aromatic rings. The summed E-state index contributed by atoms with van der Waals surface area (Å²) in [6.45, 7) is 1.90. The summed E-state index contributed by atoms with van der Waals surface area (Å²) in [7, 11) is 1.54. The molecule has 0 bridgehead atoms. The van der Waals surface area contributed by atoms with Crippen LogP contribution in [0, 0.1) is 0 Å². The number of anilines is 1. The number of aliphatic hydroxyl groups is 1. The number of aliphatic hydroxyl groups excluding tert-OH is 1. The minimum atomic E-state index is -0.185. The molecule has 0 atom stereocenters. The fourth-order valence-electron chi connectivity index (χ4n) is 2.88. The second-order valence-electron chi connectivity index (χ2n) is 6.12. The topological polar surface area (TPSA) is 103 Å². The van der Waals surface area contributed by atoms with Crippen LogP contribution in [-0.4, -0.2) is 62.5 Å². The van der Waals surface area contributed by atoms with Crippen molar-refractivity contribution in [1.82, 2.24) is 4.90 Å². The van der Waals surface area contributed by atoms with Gasteiger partial charge in [-0.1, -0.05) is 12.1 Å². The van der Waals surface area contributed by atoms with E-state index in [2.05, 4.69) is 0 Å². The molecule has 1 heterocycles. The largest absolute Gasteiger partial charge is 0.493 e. The van der Waals surface area contributed by atoms with E-state index in [-0.39, 0.29) is 36.3 Å². The molecular weight excluding hydrogens is 364 g/mol. The summed E-state index contributed by atoms with van der Waals surface area (Å²) in [6.07, 6.45) is 0. The Balaban J connectivity index is 1.93. The number of amides is 1. The Morgan fingerprint density at radius 1 is 1.18 bits per heavy atom.